The lowest BCUT2D eigenvalue weighted by molar-refractivity contribution is -0.116. The topological polar surface area (TPSA) is 105 Å². The Kier molecular flexibility index (Phi) is 6.14. The van der Waals surface area contributed by atoms with Gasteiger partial charge >= 0.3 is 0 Å². The maximum Gasteiger partial charge on any atom is 0.226 e. The zero-order valence-electron chi connectivity index (χ0n) is 13.5. The first kappa shape index (κ1) is 17.9. The summed E-state index contributed by atoms with van der Waals surface area (Å²) in [6, 6.07) is 1.67. The lowest BCUT2D eigenvalue weighted by Gasteiger charge is -2.32. The smallest absolute Gasteiger partial charge is 0.226 e. The third-order valence-corrected chi connectivity index (χ3v) is 4.48. The number of piperidine rings is 1. The standard InChI is InChI=1S/C14H24N4O4S/c1-11-8-13(17-22-11)16-14(19)5-7-18-6-3-4-12(10-18)9-15-23(2,20)21/h8,12,15H,3-7,9-10H2,1-2H3,(H,16,17,19). The van der Waals surface area contributed by atoms with Crippen molar-refractivity contribution in [3.63, 3.8) is 0 Å². The summed E-state index contributed by atoms with van der Waals surface area (Å²) in [5.41, 5.74) is 0. The van der Waals surface area contributed by atoms with Crippen molar-refractivity contribution in [2.24, 2.45) is 5.92 Å². The second-order valence-corrected chi connectivity index (χ2v) is 7.88. The molecule has 1 aliphatic rings. The van der Waals surface area contributed by atoms with Crippen LogP contribution in [0.1, 0.15) is 25.0 Å². The van der Waals surface area contributed by atoms with E-state index in [1.807, 2.05) is 0 Å². The summed E-state index contributed by atoms with van der Waals surface area (Å²) in [5.74, 6) is 1.27. The van der Waals surface area contributed by atoms with Crippen LogP contribution in [-0.2, 0) is 14.8 Å². The molecule has 0 aliphatic carbocycles. The van der Waals surface area contributed by atoms with Crippen LogP contribution < -0.4 is 10.0 Å². The molecule has 23 heavy (non-hydrogen) atoms. The fourth-order valence-corrected chi connectivity index (χ4v) is 3.22. The van der Waals surface area contributed by atoms with Gasteiger partial charge in [0.1, 0.15) is 5.76 Å². The zero-order chi connectivity index (χ0) is 16.9. The molecule has 0 radical (unpaired) electrons. The van der Waals surface area contributed by atoms with Crippen LogP contribution in [0.2, 0.25) is 0 Å². The molecular weight excluding hydrogens is 320 g/mol. The zero-order valence-corrected chi connectivity index (χ0v) is 14.4. The second kappa shape index (κ2) is 7.89. The van der Waals surface area contributed by atoms with Gasteiger partial charge in [0, 0.05) is 32.1 Å². The third-order valence-electron chi connectivity index (χ3n) is 3.79. The lowest BCUT2D eigenvalue weighted by atomic mass is 9.98. The lowest BCUT2D eigenvalue weighted by Crippen LogP contribution is -2.41. The summed E-state index contributed by atoms with van der Waals surface area (Å²) in [6.45, 7) is 4.61. The molecule has 1 amide bonds. The van der Waals surface area contributed by atoms with Gasteiger partial charge in [0.05, 0.1) is 6.26 Å². The van der Waals surface area contributed by atoms with Gasteiger partial charge in [-0.1, -0.05) is 5.16 Å². The van der Waals surface area contributed by atoms with Gasteiger partial charge < -0.3 is 14.7 Å². The molecule has 2 N–H and O–H groups in total. The van der Waals surface area contributed by atoms with Crippen molar-refractivity contribution in [3.8, 4) is 0 Å². The molecule has 0 aromatic carbocycles. The average Bonchev–Trinajstić information content (AvgIpc) is 2.88. The van der Waals surface area contributed by atoms with Gasteiger partial charge in [0.2, 0.25) is 15.9 Å². The van der Waals surface area contributed by atoms with Gasteiger partial charge in [-0.15, -0.1) is 0 Å². The monoisotopic (exact) mass is 344 g/mol. The van der Waals surface area contributed by atoms with Crippen LogP contribution in [0.4, 0.5) is 5.82 Å². The Labute approximate surface area is 136 Å². The molecule has 1 aromatic rings. The summed E-state index contributed by atoms with van der Waals surface area (Å²) in [6.07, 6.45) is 3.56. The van der Waals surface area contributed by atoms with Crippen molar-refractivity contribution < 1.29 is 17.7 Å². The Hall–Kier alpha value is -1.45. The molecule has 8 nitrogen and oxygen atoms in total. The highest BCUT2D eigenvalue weighted by atomic mass is 32.2. The molecule has 0 spiro atoms. The van der Waals surface area contributed by atoms with Crippen molar-refractivity contribution in [1.82, 2.24) is 14.8 Å². The van der Waals surface area contributed by atoms with Gasteiger partial charge in [-0.3, -0.25) is 4.79 Å². The molecule has 1 unspecified atom stereocenters. The number of aryl methyl sites for hydroxylation is 1. The van der Waals surface area contributed by atoms with E-state index < -0.39 is 10.0 Å². The van der Waals surface area contributed by atoms with Crippen LogP contribution in [0.5, 0.6) is 0 Å². The fourth-order valence-electron chi connectivity index (χ4n) is 2.68. The van der Waals surface area contributed by atoms with Gasteiger partial charge in [-0.2, -0.15) is 0 Å². The maximum atomic E-state index is 11.9. The van der Waals surface area contributed by atoms with Crippen molar-refractivity contribution in [3.05, 3.63) is 11.8 Å². The molecule has 1 aromatic heterocycles. The van der Waals surface area contributed by atoms with Crippen LogP contribution in [0.3, 0.4) is 0 Å². The number of carbonyl (C=O) groups is 1. The highest BCUT2D eigenvalue weighted by Gasteiger charge is 2.21. The first-order chi connectivity index (χ1) is 10.8. The van der Waals surface area contributed by atoms with Gasteiger partial charge in [-0.05, 0) is 32.2 Å². The summed E-state index contributed by atoms with van der Waals surface area (Å²) >= 11 is 0. The van der Waals surface area contributed by atoms with Gasteiger partial charge in [0.25, 0.3) is 0 Å². The number of carbonyl (C=O) groups excluding carboxylic acids is 1. The van der Waals surface area contributed by atoms with Crippen LogP contribution in [0.15, 0.2) is 10.6 Å². The minimum atomic E-state index is -3.15. The third kappa shape index (κ3) is 6.67. The molecule has 2 heterocycles. The summed E-state index contributed by atoms with van der Waals surface area (Å²) < 4.78 is 29.8. The summed E-state index contributed by atoms with van der Waals surface area (Å²) in [4.78, 5) is 14.1. The van der Waals surface area contributed by atoms with Crippen LogP contribution in [-0.4, -0.2) is 56.8 Å². The van der Waals surface area contributed by atoms with Crippen molar-refractivity contribution >= 4 is 21.7 Å². The molecular formula is C14H24N4O4S. The predicted octanol–water partition coefficient (Wildman–Crippen LogP) is 0.573. The Morgan fingerprint density at radius 3 is 2.96 bits per heavy atom. The minimum Gasteiger partial charge on any atom is -0.360 e. The Morgan fingerprint density at radius 2 is 2.30 bits per heavy atom. The first-order valence-electron chi connectivity index (χ1n) is 7.72. The van der Waals surface area contributed by atoms with Crippen LogP contribution in [0, 0.1) is 12.8 Å². The van der Waals surface area contributed by atoms with Crippen molar-refractivity contribution in [2.45, 2.75) is 26.2 Å². The van der Waals surface area contributed by atoms with E-state index >= 15 is 0 Å². The van der Waals surface area contributed by atoms with E-state index in [0.29, 0.717) is 37.0 Å². The Morgan fingerprint density at radius 1 is 1.52 bits per heavy atom. The molecule has 1 atom stereocenters. The van der Waals surface area contributed by atoms with Crippen LogP contribution in [0.25, 0.3) is 0 Å². The second-order valence-electron chi connectivity index (χ2n) is 6.05. The number of likely N-dealkylation sites (tertiary alicyclic amines) is 1. The van der Waals surface area contributed by atoms with E-state index in [1.165, 1.54) is 6.26 Å². The number of hydrogen-bond acceptors (Lipinski definition) is 6. The van der Waals surface area contributed by atoms with Crippen LogP contribution >= 0.6 is 0 Å². The molecule has 1 fully saturated rings. The van der Waals surface area contributed by atoms with E-state index in [-0.39, 0.29) is 5.91 Å². The van der Waals surface area contributed by atoms with Gasteiger partial charge in [-0.25, -0.2) is 13.1 Å². The largest absolute Gasteiger partial charge is 0.360 e. The number of rotatable bonds is 7. The average molecular weight is 344 g/mol. The first-order valence-corrected chi connectivity index (χ1v) is 9.61. The minimum absolute atomic E-state index is 0.102. The molecule has 1 aliphatic heterocycles. The molecule has 9 heteroatoms. The predicted molar refractivity (Wildman–Crippen MR) is 86.5 cm³/mol. The number of nitrogens with zero attached hydrogens (tertiary/aromatic N) is 2. The fraction of sp³-hybridized carbons (Fsp3) is 0.714. The van der Waals surface area contributed by atoms with E-state index in [2.05, 4.69) is 20.1 Å². The normalized spacial score (nSPS) is 19.7. The number of nitrogens with one attached hydrogen (secondary N) is 2. The van der Waals surface area contributed by atoms with E-state index in [0.717, 1.165) is 25.9 Å². The van der Waals surface area contributed by atoms with E-state index in [4.69, 9.17) is 4.52 Å². The molecule has 130 valence electrons. The Bertz CT molecular complexity index is 628. The maximum absolute atomic E-state index is 11.9. The quantitative estimate of drug-likeness (QED) is 0.749. The number of anilines is 1. The highest BCUT2D eigenvalue weighted by molar-refractivity contribution is 7.88. The summed E-state index contributed by atoms with van der Waals surface area (Å²) in [7, 11) is -3.15. The number of sulfonamides is 1. The van der Waals surface area contributed by atoms with Crippen molar-refractivity contribution in [2.75, 3.05) is 37.8 Å². The number of aromatic nitrogens is 1. The van der Waals surface area contributed by atoms with Crippen molar-refractivity contribution in [1.29, 1.82) is 0 Å². The number of hydrogen-bond donors (Lipinski definition) is 2. The van der Waals surface area contributed by atoms with E-state index in [9.17, 15) is 13.2 Å². The molecule has 0 saturated carbocycles. The molecule has 2 rings (SSSR count). The SMILES string of the molecule is Cc1cc(NC(=O)CCN2CCCC(CNS(C)(=O)=O)C2)no1. The summed E-state index contributed by atoms with van der Waals surface area (Å²) in [5, 5.41) is 6.42. The number of amides is 1. The Balaban J connectivity index is 1.71. The highest BCUT2D eigenvalue weighted by Crippen LogP contribution is 2.16. The molecule has 0 bridgehead atoms. The van der Waals surface area contributed by atoms with Gasteiger partial charge in [0.15, 0.2) is 5.82 Å². The molecule has 1 saturated heterocycles. The van der Waals surface area contributed by atoms with E-state index in [1.54, 1.807) is 13.0 Å².